The lowest BCUT2D eigenvalue weighted by atomic mass is 9.89. The highest BCUT2D eigenvalue weighted by Gasteiger charge is 2.54. The molecule has 1 saturated heterocycles. The Hall–Kier alpha value is -0.840. The lowest BCUT2D eigenvalue weighted by Gasteiger charge is -2.43. The average molecular weight is 301 g/mol. The van der Waals surface area contributed by atoms with E-state index in [1.165, 1.54) is 0 Å². The molecule has 5 heteroatoms. The Bertz CT molecular complexity index is 392. The summed E-state index contributed by atoms with van der Waals surface area (Å²) in [7, 11) is 0. The highest BCUT2D eigenvalue weighted by atomic mass is 79.9. The zero-order valence-electron chi connectivity index (χ0n) is 10.1. The van der Waals surface area contributed by atoms with Crippen LogP contribution in [0.2, 0.25) is 0 Å². The van der Waals surface area contributed by atoms with Crippen LogP contribution in [0.15, 0.2) is 11.1 Å². The molecule has 2 fully saturated rings. The number of hydrogen-bond acceptors (Lipinski definition) is 2. The lowest BCUT2D eigenvalue weighted by molar-refractivity contribution is -0.153. The fraction of sp³-hybridized carbons (Fsp3) is 0.667. The maximum Gasteiger partial charge on any atom is 0.249 e. The minimum atomic E-state index is -0.716. The van der Waals surface area contributed by atoms with Gasteiger partial charge >= 0.3 is 0 Å². The summed E-state index contributed by atoms with van der Waals surface area (Å²) < 4.78 is 0.713. The molecule has 94 valence electrons. The van der Waals surface area contributed by atoms with Crippen LogP contribution in [0.25, 0.3) is 0 Å². The Balaban J connectivity index is 2.26. The van der Waals surface area contributed by atoms with Crippen LogP contribution in [0.4, 0.5) is 0 Å². The number of nitrogens with zero attached hydrogens (tertiary/aromatic N) is 1. The summed E-state index contributed by atoms with van der Waals surface area (Å²) in [4.78, 5) is 26.0. The van der Waals surface area contributed by atoms with E-state index in [1.807, 2.05) is 6.92 Å². The molecule has 0 aromatic rings. The first kappa shape index (κ1) is 12.6. The molecule has 2 aliphatic rings. The molecule has 1 aliphatic carbocycles. The van der Waals surface area contributed by atoms with Gasteiger partial charge in [-0.15, -0.1) is 0 Å². The van der Waals surface area contributed by atoms with Crippen molar-refractivity contribution in [1.29, 1.82) is 0 Å². The van der Waals surface area contributed by atoms with E-state index in [4.69, 9.17) is 0 Å². The molecule has 17 heavy (non-hydrogen) atoms. The number of rotatable bonds is 3. The number of carbonyl (C=O) groups excluding carboxylic acids is 2. The van der Waals surface area contributed by atoms with Gasteiger partial charge in [-0.2, -0.15) is 0 Å². The zero-order chi connectivity index (χ0) is 12.8. The number of carbonyl (C=O) groups is 2. The summed E-state index contributed by atoms with van der Waals surface area (Å²) in [6.07, 6.45) is 2.03. The fourth-order valence-corrected chi connectivity index (χ4v) is 2.63. The van der Waals surface area contributed by atoms with Crippen molar-refractivity contribution in [3.05, 3.63) is 11.1 Å². The number of amides is 2. The molecule has 2 atom stereocenters. The standard InChI is InChI=1S/C12H17BrN2O2/c1-7(13)6-15-8(2)10(16)14-12(3,11(15)17)9-4-5-9/h8-9H,1,4-6H2,2-3H3,(H,14,16). The van der Waals surface area contributed by atoms with Gasteiger partial charge in [0.2, 0.25) is 11.8 Å². The van der Waals surface area contributed by atoms with E-state index in [2.05, 4.69) is 27.8 Å². The van der Waals surface area contributed by atoms with Gasteiger partial charge in [0, 0.05) is 4.48 Å². The molecular formula is C12H17BrN2O2. The van der Waals surface area contributed by atoms with E-state index < -0.39 is 11.6 Å². The zero-order valence-corrected chi connectivity index (χ0v) is 11.7. The van der Waals surface area contributed by atoms with Gasteiger partial charge in [-0.05, 0) is 32.6 Å². The number of halogens is 1. The summed E-state index contributed by atoms with van der Waals surface area (Å²) in [5.41, 5.74) is -0.716. The molecular weight excluding hydrogens is 284 g/mol. The molecule has 1 aliphatic heterocycles. The van der Waals surface area contributed by atoms with E-state index in [-0.39, 0.29) is 17.7 Å². The number of piperazine rings is 1. The second-order valence-electron chi connectivity index (χ2n) is 5.09. The van der Waals surface area contributed by atoms with Crippen molar-refractivity contribution in [3.8, 4) is 0 Å². The maximum atomic E-state index is 12.5. The third kappa shape index (κ3) is 2.12. The predicted molar refractivity (Wildman–Crippen MR) is 68.5 cm³/mol. The van der Waals surface area contributed by atoms with Crippen LogP contribution >= 0.6 is 15.9 Å². The first-order valence-electron chi connectivity index (χ1n) is 5.82. The Morgan fingerprint density at radius 3 is 2.65 bits per heavy atom. The van der Waals surface area contributed by atoms with Crippen LogP contribution in [0.3, 0.4) is 0 Å². The maximum absolute atomic E-state index is 12.5. The second kappa shape index (κ2) is 4.12. The Morgan fingerprint density at radius 1 is 1.59 bits per heavy atom. The van der Waals surface area contributed by atoms with Gasteiger partial charge in [0.15, 0.2) is 0 Å². The SMILES string of the molecule is C=C(Br)CN1C(=O)C(C)(C2CC2)NC(=O)C1C. The van der Waals surface area contributed by atoms with Gasteiger partial charge in [0.1, 0.15) is 11.6 Å². The quantitative estimate of drug-likeness (QED) is 0.857. The van der Waals surface area contributed by atoms with Gasteiger partial charge in [-0.3, -0.25) is 9.59 Å². The van der Waals surface area contributed by atoms with Gasteiger partial charge in [0.25, 0.3) is 0 Å². The van der Waals surface area contributed by atoms with Crippen molar-refractivity contribution in [1.82, 2.24) is 10.2 Å². The third-order valence-electron chi connectivity index (χ3n) is 3.67. The van der Waals surface area contributed by atoms with Crippen molar-refractivity contribution < 1.29 is 9.59 Å². The van der Waals surface area contributed by atoms with E-state index >= 15 is 0 Å². The summed E-state index contributed by atoms with van der Waals surface area (Å²) in [5.74, 6) is 0.220. The molecule has 0 bridgehead atoms. The first-order chi connectivity index (χ1) is 7.86. The van der Waals surface area contributed by atoms with Crippen LogP contribution in [-0.4, -0.2) is 34.8 Å². The lowest BCUT2D eigenvalue weighted by Crippen LogP contribution is -2.69. The number of nitrogens with one attached hydrogen (secondary N) is 1. The van der Waals surface area contributed by atoms with Gasteiger partial charge in [-0.25, -0.2) is 0 Å². The topological polar surface area (TPSA) is 49.4 Å². The van der Waals surface area contributed by atoms with Crippen LogP contribution in [-0.2, 0) is 9.59 Å². The van der Waals surface area contributed by atoms with E-state index in [1.54, 1.807) is 11.8 Å². The molecule has 1 heterocycles. The highest BCUT2D eigenvalue weighted by Crippen LogP contribution is 2.42. The molecule has 0 spiro atoms. The van der Waals surface area contributed by atoms with Crippen LogP contribution < -0.4 is 5.32 Å². The minimum Gasteiger partial charge on any atom is -0.340 e. The monoisotopic (exact) mass is 300 g/mol. The van der Waals surface area contributed by atoms with Crippen LogP contribution in [0.1, 0.15) is 26.7 Å². The summed E-state index contributed by atoms with van der Waals surface area (Å²) in [6, 6.07) is -0.427. The van der Waals surface area contributed by atoms with Crippen LogP contribution in [0.5, 0.6) is 0 Å². The minimum absolute atomic E-state index is 0.00713. The Kier molecular flexibility index (Phi) is 3.06. The first-order valence-corrected chi connectivity index (χ1v) is 6.62. The van der Waals surface area contributed by atoms with Crippen molar-refractivity contribution in [2.45, 2.75) is 38.3 Å². The molecule has 2 unspecified atom stereocenters. The molecule has 2 rings (SSSR count). The molecule has 4 nitrogen and oxygen atoms in total. The molecule has 0 aromatic heterocycles. The van der Waals surface area contributed by atoms with Gasteiger partial charge in [0.05, 0.1) is 6.54 Å². The van der Waals surface area contributed by atoms with Crippen molar-refractivity contribution in [3.63, 3.8) is 0 Å². The smallest absolute Gasteiger partial charge is 0.249 e. The fourth-order valence-electron chi connectivity index (χ4n) is 2.36. The highest BCUT2D eigenvalue weighted by molar-refractivity contribution is 9.11. The van der Waals surface area contributed by atoms with Crippen molar-refractivity contribution in [2.75, 3.05) is 6.54 Å². The Labute approximate surface area is 110 Å². The molecule has 0 radical (unpaired) electrons. The van der Waals surface area contributed by atoms with Crippen molar-refractivity contribution >= 4 is 27.7 Å². The van der Waals surface area contributed by atoms with E-state index in [0.717, 1.165) is 12.8 Å². The second-order valence-corrected chi connectivity index (χ2v) is 6.21. The largest absolute Gasteiger partial charge is 0.340 e. The van der Waals surface area contributed by atoms with Gasteiger partial charge < -0.3 is 10.2 Å². The normalized spacial score (nSPS) is 33.6. The summed E-state index contributed by atoms with van der Waals surface area (Å²) in [5, 5.41) is 2.88. The molecule has 2 amide bonds. The number of hydrogen-bond donors (Lipinski definition) is 1. The third-order valence-corrected chi connectivity index (χ3v) is 3.92. The van der Waals surface area contributed by atoms with E-state index in [0.29, 0.717) is 11.0 Å². The molecule has 1 saturated carbocycles. The predicted octanol–water partition coefficient (Wildman–Crippen LogP) is 1.41. The molecule has 1 N–H and O–H groups in total. The van der Waals surface area contributed by atoms with Gasteiger partial charge in [-0.1, -0.05) is 22.5 Å². The van der Waals surface area contributed by atoms with E-state index in [9.17, 15) is 9.59 Å². The summed E-state index contributed by atoms with van der Waals surface area (Å²) in [6.45, 7) is 7.71. The van der Waals surface area contributed by atoms with Crippen LogP contribution in [0, 0.1) is 5.92 Å². The summed E-state index contributed by atoms with van der Waals surface area (Å²) >= 11 is 3.26. The Morgan fingerprint density at radius 2 is 2.18 bits per heavy atom. The molecule has 0 aromatic carbocycles. The average Bonchev–Trinajstić information content (AvgIpc) is 3.05. The van der Waals surface area contributed by atoms with Crippen molar-refractivity contribution in [2.24, 2.45) is 5.92 Å².